The van der Waals surface area contributed by atoms with Crippen molar-refractivity contribution in [2.45, 2.75) is 45.3 Å². The van der Waals surface area contributed by atoms with Crippen molar-refractivity contribution in [1.82, 2.24) is 4.90 Å². The summed E-state index contributed by atoms with van der Waals surface area (Å²) in [4.78, 5) is 2.39. The molecule has 1 heterocycles. The first-order valence-corrected chi connectivity index (χ1v) is 7.06. The number of benzene rings is 1. The molecule has 1 fully saturated rings. The summed E-state index contributed by atoms with van der Waals surface area (Å²) in [5.74, 6) is 0.562. The third-order valence-corrected chi connectivity index (χ3v) is 3.67. The van der Waals surface area contributed by atoms with Crippen molar-refractivity contribution in [3.63, 3.8) is 0 Å². The van der Waals surface area contributed by atoms with E-state index in [1.165, 1.54) is 5.56 Å². The van der Waals surface area contributed by atoms with Crippen LogP contribution in [-0.2, 0) is 6.54 Å². The largest absolute Gasteiger partial charge is 0.389 e. The molecule has 1 aliphatic heterocycles. The molecule has 0 spiro atoms. The van der Waals surface area contributed by atoms with Gasteiger partial charge in [0, 0.05) is 13.1 Å². The van der Waals surface area contributed by atoms with Gasteiger partial charge in [-0.15, -0.1) is 0 Å². The number of hydrogen-bond donors (Lipinski definition) is 1. The van der Waals surface area contributed by atoms with Crippen molar-refractivity contribution in [3.05, 3.63) is 35.9 Å². The summed E-state index contributed by atoms with van der Waals surface area (Å²) in [6.45, 7) is 7.26. The minimum Gasteiger partial charge on any atom is -0.389 e. The molecule has 2 rings (SSSR count). The van der Waals surface area contributed by atoms with E-state index >= 15 is 0 Å². The van der Waals surface area contributed by atoms with E-state index in [1.807, 2.05) is 0 Å². The first-order chi connectivity index (χ1) is 8.57. The summed E-state index contributed by atoms with van der Waals surface area (Å²) in [5.41, 5.74) is 0.868. The van der Waals surface area contributed by atoms with E-state index < -0.39 is 5.60 Å². The zero-order valence-corrected chi connectivity index (χ0v) is 11.6. The Morgan fingerprint density at radius 2 is 2.00 bits per heavy atom. The Morgan fingerprint density at radius 3 is 2.67 bits per heavy atom. The smallest absolute Gasteiger partial charge is 0.0777 e. The monoisotopic (exact) mass is 247 g/mol. The topological polar surface area (TPSA) is 23.5 Å². The number of β-amino-alcohol motifs (C(OH)–C–C–N with tert-alkyl or cyclic N) is 1. The fourth-order valence-corrected chi connectivity index (χ4v) is 3.11. The lowest BCUT2D eigenvalue weighted by Gasteiger charge is -2.40. The molecule has 0 amide bonds. The standard InChI is InChI=1S/C16H25NO/c1-14(2)11-16(18)9-6-10-17(13-16)12-15-7-4-3-5-8-15/h3-5,7-8,14,18H,6,9-13H2,1-2H3. The molecule has 1 unspecified atom stereocenters. The molecule has 2 heteroatoms. The minimum atomic E-state index is -0.471. The van der Waals surface area contributed by atoms with Crippen LogP contribution in [0.5, 0.6) is 0 Å². The SMILES string of the molecule is CC(C)CC1(O)CCCN(Cc2ccccc2)C1. The highest BCUT2D eigenvalue weighted by molar-refractivity contribution is 5.14. The highest BCUT2D eigenvalue weighted by atomic mass is 16.3. The molecule has 1 atom stereocenters. The van der Waals surface area contributed by atoms with E-state index in [0.717, 1.165) is 38.9 Å². The molecule has 0 radical (unpaired) electrons. The van der Waals surface area contributed by atoms with E-state index in [9.17, 15) is 5.11 Å². The van der Waals surface area contributed by atoms with Crippen LogP contribution in [0.4, 0.5) is 0 Å². The normalized spacial score (nSPS) is 25.6. The number of rotatable bonds is 4. The van der Waals surface area contributed by atoms with Crippen molar-refractivity contribution in [2.75, 3.05) is 13.1 Å². The Bertz CT molecular complexity index is 363. The van der Waals surface area contributed by atoms with Gasteiger partial charge in [-0.1, -0.05) is 44.2 Å². The average molecular weight is 247 g/mol. The third kappa shape index (κ3) is 3.82. The highest BCUT2D eigenvalue weighted by Gasteiger charge is 2.33. The zero-order valence-electron chi connectivity index (χ0n) is 11.6. The predicted molar refractivity (Wildman–Crippen MR) is 75.4 cm³/mol. The van der Waals surface area contributed by atoms with Gasteiger partial charge in [0.2, 0.25) is 0 Å². The molecule has 0 aliphatic carbocycles. The quantitative estimate of drug-likeness (QED) is 0.884. The molecule has 1 aromatic carbocycles. The molecule has 1 N–H and O–H groups in total. The second kappa shape index (κ2) is 5.85. The van der Waals surface area contributed by atoms with Crippen LogP contribution in [0.2, 0.25) is 0 Å². The van der Waals surface area contributed by atoms with Crippen molar-refractivity contribution >= 4 is 0 Å². The van der Waals surface area contributed by atoms with Crippen LogP contribution in [0, 0.1) is 5.92 Å². The Hall–Kier alpha value is -0.860. The van der Waals surface area contributed by atoms with Gasteiger partial charge >= 0.3 is 0 Å². The molecule has 0 saturated carbocycles. The number of aliphatic hydroxyl groups is 1. The van der Waals surface area contributed by atoms with Crippen molar-refractivity contribution < 1.29 is 5.11 Å². The summed E-state index contributed by atoms with van der Waals surface area (Å²) in [6.07, 6.45) is 2.98. The van der Waals surface area contributed by atoms with Crippen LogP contribution in [0.15, 0.2) is 30.3 Å². The fourth-order valence-electron chi connectivity index (χ4n) is 3.11. The van der Waals surface area contributed by atoms with Crippen LogP contribution in [-0.4, -0.2) is 28.7 Å². The van der Waals surface area contributed by atoms with Gasteiger partial charge < -0.3 is 5.11 Å². The van der Waals surface area contributed by atoms with Crippen LogP contribution in [0.1, 0.15) is 38.7 Å². The molecule has 18 heavy (non-hydrogen) atoms. The van der Waals surface area contributed by atoms with Gasteiger partial charge in [0.1, 0.15) is 0 Å². The van der Waals surface area contributed by atoms with Crippen molar-refractivity contribution in [3.8, 4) is 0 Å². The van der Waals surface area contributed by atoms with Gasteiger partial charge in [-0.2, -0.15) is 0 Å². The van der Waals surface area contributed by atoms with E-state index in [-0.39, 0.29) is 0 Å². The van der Waals surface area contributed by atoms with E-state index in [2.05, 4.69) is 49.1 Å². The van der Waals surface area contributed by atoms with Gasteiger partial charge in [-0.05, 0) is 37.3 Å². The van der Waals surface area contributed by atoms with Gasteiger partial charge in [-0.25, -0.2) is 0 Å². The summed E-state index contributed by atoms with van der Waals surface area (Å²) in [7, 11) is 0. The summed E-state index contributed by atoms with van der Waals surface area (Å²) in [5, 5.41) is 10.6. The lowest BCUT2D eigenvalue weighted by atomic mass is 9.85. The highest BCUT2D eigenvalue weighted by Crippen LogP contribution is 2.28. The second-order valence-corrected chi connectivity index (χ2v) is 6.12. The first kappa shape index (κ1) is 13.6. The maximum Gasteiger partial charge on any atom is 0.0777 e. The van der Waals surface area contributed by atoms with E-state index in [0.29, 0.717) is 5.92 Å². The minimum absolute atomic E-state index is 0.471. The van der Waals surface area contributed by atoms with Gasteiger partial charge in [-0.3, -0.25) is 4.90 Å². The summed E-state index contributed by atoms with van der Waals surface area (Å²) in [6, 6.07) is 10.5. The zero-order chi connectivity index (χ0) is 13.0. The van der Waals surface area contributed by atoms with E-state index in [1.54, 1.807) is 0 Å². The Balaban J connectivity index is 1.94. The Kier molecular flexibility index (Phi) is 4.41. The molecule has 100 valence electrons. The molecule has 2 nitrogen and oxygen atoms in total. The fraction of sp³-hybridized carbons (Fsp3) is 0.625. The van der Waals surface area contributed by atoms with Gasteiger partial charge in [0.15, 0.2) is 0 Å². The maximum absolute atomic E-state index is 10.6. The van der Waals surface area contributed by atoms with Crippen LogP contribution >= 0.6 is 0 Å². The van der Waals surface area contributed by atoms with E-state index in [4.69, 9.17) is 0 Å². The summed E-state index contributed by atoms with van der Waals surface area (Å²) < 4.78 is 0. The Morgan fingerprint density at radius 1 is 1.28 bits per heavy atom. The lowest BCUT2D eigenvalue weighted by Crippen LogP contribution is -2.48. The van der Waals surface area contributed by atoms with Gasteiger partial charge in [0.25, 0.3) is 0 Å². The average Bonchev–Trinajstić information content (AvgIpc) is 2.28. The van der Waals surface area contributed by atoms with Crippen molar-refractivity contribution in [1.29, 1.82) is 0 Å². The first-order valence-electron chi connectivity index (χ1n) is 7.06. The van der Waals surface area contributed by atoms with Crippen molar-refractivity contribution in [2.24, 2.45) is 5.92 Å². The third-order valence-electron chi connectivity index (χ3n) is 3.67. The van der Waals surface area contributed by atoms with Crippen LogP contribution < -0.4 is 0 Å². The lowest BCUT2D eigenvalue weighted by molar-refractivity contribution is -0.0471. The maximum atomic E-state index is 10.6. The molecule has 0 bridgehead atoms. The number of piperidine rings is 1. The molecule has 1 saturated heterocycles. The number of likely N-dealkylation sites (tertiary alicyclic amines) is 1. The molecule has 1 aromatic rings. The Labute approximate surface area is 111 Å². The number of hydrogen-bond acceptors (Lipinski definition) is 2. The van der Waals surface area contributed by atoms with Crippen LogP contribution in [0.25, 0.3) is 0 Å². The molecule has 1 aliphatic rings. The predicted octanol–water partition coefficient (Wildman–Crippen LogP) is 3.06. The molecular weight excluding hydrogens is 222 g/mol. The van der Waals surface area contributed by atoms with Gasteiger partial charge in [0.05, 0.1) is 5.60 Å². The summed E-state index contributed by atoms with van der Waals surface area (Å²) >= 11 is 0. The molecule has 0 aromatic heterocycles. The number of nitrogens with zero attached hydrogens (tertiary/aromatic N) is 1. The van der Waals surface area contributed by atoms with Crippen LogP contribution in [0.3, 0.4) is 0 Å². The second-order valence-electron chi connectivity index (χ2n) is 6.12. The molecular formula is C16H25NO.